The van der Waals surface area contributed by atoms with Crippen LogP contribution in [0.15, 0.2) is 0 Å². The average molecular weight is 275 g/mol. The second-order valence-electron chi connectivity index (χ2n) is 5.86. The van der Waals surface area contributed by atoms with Crippen molar-refractivity contribution in [2.45, 2.75) is 63.8 Å². The van der Waals surface area contributed by atoms with Gasteiger partial charge in [-0.2, -0.15) is 0 Å². The van der Waals surface area contributed by atoms with Crippen LogP contribution in [0, 0.1) is 5.92 Å². The molecule has 2 rings (SSSR count). The van der Waals surface area contributed by atoms with Gasteiger partial charge in [0, 0.05) is 13.1 Å². The van der Waals surface area contributed by atoms with E-state index < -0.39 is 5.54 Å². The number of nitrogens with two attached hydrogens (primary N) is 1. The highest BCUT2D eigenvalue weighted by Crippen LogP contribution is 2.30. The van der Waals surface area contributed by atoms with E-state index in [4.69, 9.17) is 5.73 Å². The lowest BCUT2D eigenvalue weighted by Crippen LogP contribution is -2.53. The van der Waals surface area contributed by atoms with Crippen LogP contribution in [0.4, 0.5) is 0 Å². The van der Waals surface area contributed by atoms with E-state index in [9.17, 15) is 4.79 Å². The summed E-state index contributed by atoms with van der Waals surface area (Å²) in [4.78, 5) is 14.5. The van der Waals surface area contributed by atoms with E-state index in [1.165, 1.54) is 19.3 Å². The number of rotatable bonds is 2. The Kier molecular flexibility index (Phi) is 5.93. The van der Waals surface area contributed by atoms with Crippen molar-refractivity contribution in [3.8, 4) is 0 Å². The lowest BCUT2D eigenvalue weighted by molar-refractivity contribution is -0.136. The summed E-state index contributed by atoms with van der Waals surface area (Å²) in [5.74, 6) is 1.04. The molecule has 1 aliphatic carbocycles. The molecule has 0 aromatic carbocycles. The molecular formula is C14H27ClN2O. The molecule has 0 aromatic heterocycles. The summed E-state index contributed by atoms with van der Waals surface area (Å²) in [6, 6.07) is 0. The maximum absolute atomic E-state index is 12.5. The molecule has 3 nitrogen and oxygen atoms in total. The molecule has 2 aliphatic rings. The van der Waals surface area contributed by atoms with E-state index in [2.05, 4.69) is 6.92 Å². The fraction of sp³-hybridized carbons (Fsp3) is 0.929. The number of hydrogen-bond acceptors (Lipinski definition) is 2. The van der Waals surface area contributed by atoms with Crippen molar-refractivity contribution >= 4 is 18.3 Å². The fourth-order valence-electron chi connectivity index (χ4n) is 3.31. The van der Waals surface area contributed by atoms with E-state index in [-0.39, 0.29) is 18.3 Å². The SMILES string of the molecule is CCC1CCCN(C(=O)C2(N)CCCC2)CC1.Cl. The molecule has 0 spiro atoms. The predicted octanol–water partition coefficient (Wildman–Crippen LogP) is 2.72. The van der Waals surface area contributed by atoms with Crippen LogP contribution in [0.5, 0.6) is 0 Å². The quantitative estimate of drug-likeness (QED) is 0.842. The molecule has 106 valence electrons. The lowest BCUT2D eigenvalue weighted by Gasteiger charge is -2.30. The topological polar surface area (TPSA) is 46.3 Å². The summed E-state index contributed by atoms with van der Waals surface area (Å²) in [5.41, 5.74) is 5.74. The standard InChI is InChI=1S/C14H26N2O.ClH/c1-2-12-6-5-10-16(11-7-12)13(17)14(15)8-3-4-9-14;/h12H,2-11,15H2,1H3;1H. The van der Waals surface area contributed by atoms with Gasteiger partial charge in [0.15, 0.2) is 0 Å². The molecule has 0 aromatic rings. The van der Waals surface area contributed by atoms with Gasteiger partial charge in [0.05, 0.1) is 5.54 Å². The molecular weight excluding hydrogens is 248 g/mol. The summed E-state index contributed by atoms with van der Waals surface area (Å²) in [6.07, 6.45) is 8.85. The number of carbonyl (C=O) groups excluding carboxylic acids is 1. The van der Waals surface area contributed by atoms with Crippen molar-refractivity contribution in [3.05, 3.63) is 0 Å². The monoisotopic (exact) mass is 274 g/mol. The molecule has 2 fully saturated rings. The molecule has 1 aliphatic heterocycles. The zero-order valence-corrected chi connectivity index (χ0v) is 12.3. The van der Waals surface area contributed by atoms with Crippen LogP contribution in [0.2, 0.25) is 0 Å². The van der Waals surface area contributed by atoms with Crippen molar-refractivity contribution in [3.63, 3.8) is 0 Å². The van der Waals surface area contributed by atoms with Gasteiger partial charge in [-0.3, -0.25) is 4.79 Å². The van der Waals surface area contributed by atoms with Crippen LogP contribution in [0.25, 0.3) is 0 Å². The first kappa shape index (κ1) is 15.8. The molecule has 2 N–H and O–H groups in total. The summed E-state index contributed by atoms with van der Waals surface area (Å²) in [6.45, 7) is 4.11. The van der Waals surface area contributed by atoms with Gasteiger partial charge in [-0.25, -0.2) is 0 Å². The van der Waals surface area contributed by atoms with Gasteiger partial charge in [0.2, 0.25) is 5.91 Å². The number of carbonyl (C=O) groups is 1. The van der Waals surface area contributed by atoms with Gasteiger partial charge in [0.25, 0.3) is 0 Å². The van der Waals surface area contributed by atoms with Crippen LogP contribution in [0.3, 0.4) is 0 Å². The van der Waals surface area contributed by atoms with Gasteiger partial charge in [-0.05, 0) is 38.0 Å². The number of halogens is 1. The Hall–Kier alpha value is -0.280. The minimum atomic E-state index is -0.522. The van der Waals surface area contributed by atoms with Crippen LogP contribution in [-0.2, 0) is 4.79 Å². The first-order valence-electron chi connectivity index (χ1n) is 7.24. The maximum Gasteiger partial charge on any atom is 0.242 e. The highest BCUT2D eigenvalue weighted by molar-refractivity contribution is 5.86. The molecule has 1 heterocycles. The van der Waals surface area contributed by atoms with Crippen LogP contribution in [0.1, 0.15) is 58.3 Å². The van der Waals surface area contributed by atoms with E-state index in [1.807, 2.05) is 4.90 Å². The third-order valence-corrected chi connectivity index (χ3v) is 4.63. The zero-order valence-electron chi connectivity index (χ0n) is 11.5. The first-order valence-corrected chi connectivity index (χ1v) is 7.24. The summed E-state index contributed by atoms with van der Waals surface area (Å²) in [7, 11) is 0. The Labute approximate surface area is 117 Å². The Bertz CT molecular complexity index is 277. The summed E-state index contributed by atoms with van der Waals surface area (Å²) < 4.78 is 0. The van der Waals surface area contributed by atoms with Gasteiger partial charge in [-0.1, -0.05) is 26.2 Å². The minimum absolute atomic E-state index is 0. The Morgan fingerprint density at radius 1 is 1.22 bits per heavy atom. The molecule has 1 atom stereocenters. The first-order chi connectivity index (χ1) is 8.15. The fourth-order valence-corrected chi connectivity index (χ4v) is 3.31. The van der Waals surface area contributed by atoms with E-state index in [1.54, 1.807) is 0 Å². The third kappa shape index (κ3) is 3.39. The Morgan fingerprint density at radius 2 is 1.89 bits per heavy atom. The second kappa shape index (κ2) is 6.76. The highest BCUT2D eigenvalue weighted by Gasteiger charge is 2.40. The van der Waals surface area contributed by atoms with E-state index >= 15 is 0 Å². The third-order valence-electron chi connectivity index (χ3n) is 4.63. The zero-order chi connectivity index (χ0) is 12.3. The van der Waals surface area contributed by atoms with Crippen LogP contribution in [-0.4, -0.2) is 29.4 Å². The summed E-state index contributed by atoms with van der Waals surface area (Å²) in [5, 5.41) is 0. The van der Waals surface area contributed by atoms with E-state index in [0.717, 1.165) is 51.1 Å². The van der Waals surface area contributed by atoms with Crippen LogP contribution >= 0.6 is 12.4 Å². The largest absolute Gasteiger partial charge is 0.341 e. The van der Waals surface area contributed by atoms with Crippen molar-refractivity contribution in [2.24, 2.45) is 11.7 Å². The van der Waals surface area contributed by atoms with Crippen molar-refractivity contribution < 1.29 is 4.79 Å². The van der Waals surface area contributed by atoms with Crippen LogP contribution < -0.4 is 5.73 Å². The number of hydrogen-bond donors (Lipinski definition) is 1. The smallest absolute Gasteiger partial charge is 0.242 e. The molecule has 1 saturated heterocycles. The van der Waals surface area contributed by atoms with Gasteiger partial charge >= 0.3 is 0 Å². The van der Waals surface area contributed by atoms with Gasteiger partial charge in [-0.15, -0.1) is 12.4 Å². The molecule has 1 saturated carbocycles. The highest BCUT2D eigenvalue weighted by atomic mass is 35.5. The van der Waals surface area contributed by atoms with Crippen molar-refractivity contribution in [1.29, 1.82) is 0 Å². The maximum atomic E-state index is 12.5. The van der Waals surface area contributed by atoms with Crippen molar-refractivity contribution in [2.75, 3.05) is 13.1 Å². The lowest BCUT2D eigenvalue weighted by atomic mass is 9.96. The Morgan fingerprint density at radius 3 is 2.50 bits per heavy atom. The molecule has 0 bridgehead atoms. The van der Waals surface area contributed by atoms with Gasteiger partial charge in [0.1, 0.15) is 0 Å². The minimum Gasteiger partial charge on any atom is -0.341 e. The van der Waals surface area contributed by atoms with Gasteiger partial charge < -0.3 is 10.6 Å². The van der Waals surface area contributed by atoms with E-state index in [0.29, 0.717) is 0 Å². The number of likely N-dealkylation sites (tertiary alicyclic amines) is 1. The summed E-state index contributed by atoms with van der Waals surface area (Å²) >= 11 is 0. The predicted molar refractivity (Wildman–Crippen MR) is 76.8 cm³/mol. The molecule has 1 unspecified atom stereocenters. The average Bonchev–Trinajstić information content (AvgIpc) is 2.66. The normalized spacial score (nSPS) is 27.4. The number of amides is 1. The molecule has 1 amide bonds. The molecule has 18 heavy (non-hydrogen) atoms. The van der Waals surface area contributed by atoms with Crippen molar-refractivity contribution in [1.82, 2.24) is 4.90 Å². The molecule has 0 radical (unpaired) electrons. The second-order valence-corrected chi connectivity index (χ2v) is 5.86. The number of nitrogens with zero attached hydrogens (tertiary/aromatic N) is 1. The Balaban J connectivity index is 0.00000162. The molecule has 4 heteroatoms.